The Balaban J connectivity index is 1.54. The Morgan fingerprint density at radius 2 is 1.97 bits per heavy atom. The fourth-order valence-electron chi connectivity index (χ4n) is 3.15. The molecule has 1 unspecified atom stereocenters. The van der Waals surface area contributed by atoms with Gasteiger partial charge in [0.15, 0.2) is 6.10 Å². The number of benzene rings is 1. The highest BCUT2D eigenvalue weighted by molar-refractivity contribution is 7.09. The van der Waals surface area contributed by atoms with Gasteiger partial charge >= 0.3 is 0 Å². The molecule has 1 amide bonds. The fraction of sp³-hybridized carbons (Fsp3) is 0.273. The van der Waals surface area contributed by atoms with Crippen molar-refractivity contribution in [2.45, 2.75) is 19.6 Å². The van der Waals surface area contributed by atoms with E-state index in [1.165, 1.54) is 0 Å². The summed E-state index contributed by atoms with van der Waals surface area (Å²) in [6.45, 7) is 3.13. The van der Waals surface area contributed by atoms with E-state index in [0.29, 0.717) is 36.9 Å². The first-order valence-electron chi connectivity index (χ1n) is 9.35. The van der Waals surface area contributed by atoms with Crippen LogP contribution in [0.3, 0.4) is 0 Å². The average molecular weight is 410 g/mol. The fourth-order valence-corrected chi connectivity index (χ4v) is 3.87. The van der Waals surface area contributed by atoms with Gasteiger partial charge in [-0.15, -0.1) is 11.3 Å². The number of aryl methyl sites for hydroxylation is 1. The van der Waals surface area contributed by atoms with Gasteiger partial charge in [-0.2, -0.15) is 0 Å². The third-order valence-corrected chi connectivity index (χ3v) is 5.50. The van der Waals surface area contributed by atoms with E-state index < -0.39 is 0 Å². The number of amides is 1. The SMILES string of the molecule is COc1ccc(OCC2CN(Cc3cccs3)C(=O)c3ccc(C)nc3O2)cc1. The van der Waals surface area contributed by atoms with Crippen molar-refractivity contribution >= 4 is 17.2 Å². The second-order valence-corrected chi connectivity index (χ2v) is 7.83. The van der Waals surface area contributed by atoms with Crippen LogP contribution in [-0.4, -0.2) is 42.2 Å². The van der Waals surface area contributed by atoms with E-state index in [-0.39, 0.29) is 12.0 Å². The molecule has 3 aromatic rings. The smallest absolute Gasteiger partial charge is 0.259 e. The summed E-state index contributed by atoms with van der Waals surface area (Å²) in [5.41, 5.74) is 1.29. The van der Waals surface area contributed by atoms with Crippen molar-refractivity contribution in [3.05, 3.63) is 70.0 Å². The summed E-state index contributed by atoms with van der Waals surface area (Å²) in [6, 6.07) is 15.0. The van der Waals surface area contributed by atoms with E-state index in [4.69, 9.17) is 14.2 Å². The molecule has 0 bridgehead atoms. The molecule has 0 aliphatic carbocycles. The third kappa shape index (κ3) is 4.51. The third-order valence-electron chi connectivity index (χ3n) is 4.64. The van der Waals surface area contributed by atoms with Crippen LogP contribution in [0.4, 0.5) is 0 Å². The number of pyridine rings is 1. The van der Waals surface area contributed by atoms with Crippen LogP contribution in [0.15, 0.2) is 53.9 Å². The highest BCUT2D eigenvalue weighted by Gasteiger charge is 2.30. The van der Waals surface area contributed by atoms with Crippen LogP contribution in [0, 0.1) is 6.92 Å². The van der Waals surface area contributed by atoms with Crippen molar-refractivity contribution in [2.24, 2.45) is 0 Å². The van der Waals surface area contributed by atoms with E-state index in [9.17, 15) is 4.79 Å². The van der Waals surface area contributed by atoms with Crippen molar-refractivity contribution in [1.82, 2.24) is 9.88 Å². The Morgan fingerprint density at radius 3 is 2.69 bits per heavy atom. The number of thiophene rings is 1. The molecule has 7 heteroatoms. The molecule has 3 heterocycles. The molecule has 0 radical (unpaired) electrons. The van der Waals surface area contributed by atoms with Crippen LogP contribution in [-0.2, 0) is 6.54 Å². The standard InChI is InChI=1S/C22H22N2O4S/c1-15-5-10-20-21(23-15)28-18(14-27-17-8-6-16(26-2)7-9-17)12-24(22(20)25)13-19-4-3-11-29-19/h3-11,18H,12-14H2,1-2H3. The molecule has 4 rings (SSSR count). The lowest BCUT2D eigenvalue weighted by Crippen LogP contribution is -2.39. The monoisotopic (exact) mass is 410 g/mol. The molecule has 0 fully saturated rings. The molecule has 2 aromatic heterocycles. The second kappa shape index (κ2) is 8.53. The minimum Gasteiger partial charge on any atom is -0.497 e. The Morgan fingerprint density at radius 1 is 1.17 bits per heavy atom. The first kappa shape index (κ1) is 19.3. The zero-order valence-electron chi connectivity index (χ0n) is 16.3. The lowest BCUT2D eigenvalue weighted by molar-refractivity contribution is 0.0628. The molecule has 150 valence electrons. The van der Waals surface area contributed by atoms with Crippen LogP contribution < -0.4 is 14.2 Å². The van der Waals surface area contributed by atoms with Gasteiger partial charge < -0.3 is 19.1 Å². The van der Waals surface area contributed by atoms with E-state index in [1.54, 1.807) is 29.4 Å². The summed E-state index contributed by atoms with van der Waals surface area (Å²) < 4.78 is 17.2. The van der Waals surface area contributed by atoms with Crippen LogP contribution in [0.1, 0.15) is 20.9 Å². The van der Waals surface area contributed by atoms with Gasteiger partial charge in [-0.05, 0) is 54.8 Å². The van der Waals surface area contributed by atoms with Gasteiger partial charge in [0.2, 0.25) is 5.88 Å². The second-order valence-electron chi connectivity index (χ2n) is 6.80. The highest BCUT2D eigenvalue weighted by Crippen LogP contribution is 2.26. The maximum absolute atomic E-state index is 13.1. The van der Waals surface area contributed by atoms with Gasteiger partial charge in [-0.25, -0.2) is 4.98 Å². The number of fused-ring (bicyclic) bond motifs is 1. The normalized spacial score (nSPS) is 16.0. The van der Waals surface area contributed by atoms with E-state index in [1.807, 2.05) is 54.8 Å². The van der Waals surface area contributed by atoms with Gasteiger partial charge in [0.1, 0.15) is 23.7 Å². The summed E-state index contributed by atoms with van der Waals surface area (Å²) in [5, 5.41) is 2.01. The molecule has 0 saturated heterocycles. The number of ether oxygens (including phenoxy) is 3. The minimum absolute atomic E-state index is 0.0761. The number of methoxy groups -OCH3 is 1. The van der Waals surface area contributed by atoms with Gasteiger partial charge in [-0.1, -0.05) is 6.07 Å². The first-order valence-corrected chi connectivity index (χ1v) is 10.2. The van der Waals surface area contributed by atoms with Crippen molar-refractivity contribution in [3.63, 3.8) is 0 Å². The summed E-state index contributed by atoms with van der Waals surface area (Å²) in [6.07, 6.45) is -0.337. The van der Waals surface area contributed by atoms with Crippen LogP contribution in [0.5, 0.6) is 17.4 Å². The van der Waals surface area contributed by atoms with Crippen LogP contribution in [0.2, 0.25) is 0 Å². The largest absolute Gasteiger partial charge is 0.497 e. The van der Waals surface area contributed by atoms with Gasteiger partial charge in [0, 0.05) is 10.6 Å². The maximum Gasteiger partial charge on any atom is 0.259 e. The molecule has 29 heavy (non-hydrogen) atoms. The zero-order valence-corrected chi connectivity index (χ0v) is 17.1. The Labute approximate surface area is 173 Å². The Bertz CT molecular complexity index is 973. The number of nitrogens with zero attached hydrogens (tertiary/aromatic N) is 2. The van der Waals surface area contributed by atoms with Crippen molar-refractivity contribution in [3.8, 4) is 17.4 Å². The topological polar surface area (TPSA) is 60.9 Å². The van der Waals surface area contributed by atoms with E-state index in [0.717, 1.165) is 16.3 Å². The summed E-state index contributed by atoms with van der Waals surface area (Å²) >= 11 is 1.63. The molecule has 1 aliphatic rings. The summed E-state index contributed by atoms with van der Waals surface area (Å²) in [7, 11) is 1.63. The zero-order chi connectivity index (χ0) is 20.2. The highest BCUT2D eigenvalue weighted by atomic mass is 32.1. The van der Waals surface area contributed by atoms with Crippen LogP contribution in [0.25, 0.3) is 0 Å². The number of rotatable bonds is 6. The Hall–Kier alpha value is -3.06. The van der Waals surface area contributed by atoms with E-state index in [2.05, 4.69) is 4.98 Å². The lowest BCUT2D eigenvalue weighted by Gasteiger charge is -2.23. The average Bonchev–Trinajstić information content (AvgIpc) is 3.20. The number of hydrogen-bond donors (Lipinski definition) is 0. The van der Waals surface area contributed by atoms with Gasteiger partial charge in [-0.3, -0.25) is 4.79 Å². The predicted molar refractivity (Wildman–Crippen MR) is 111 cm³/mol. The number of hydrogen-bond acceptors (Lipinski definition) is 6. The van der Waals surface area contributed by atoms with Crippen LogP contribution >= 0.6 is 11.3 Å². The molecule has 1 atom stereocenters. The first-order chi connectivity index (χ1) is 14.1. The number of carbonyl (C=O) groups is 1. The minimum atomic E-state index is -0.337. The van der Waals surface area contributed by atoms with Gasteiger partial charge in [0.25, 0.3) is 5.91 Å². The molecule has 0 saturated carbocycles. The summed E-state index contributed by atoms with van der Waals surface area (Å²) in [5.74, 6) is 1.77. The molecule has 1 aromatic carbocycles. The van der Waals surface area contributed by atoms with Crippen molar-refractivity contribution < 1.29 is 19.0 Å². The number of carbonyl (C=O) groups excluding carboxylic acids is 1. The van der Waals surface area contributed by atoms with Crippen molar-refractivity contribution in [2.75, 3.05) is 20.3 Å². The maximum atomic E-state index is 13.1. The molecule has 0 spiro atoms. The molecule has 1 aliphatic heterocycles. The van der Waals surface area contributed by atoms with E-state index >= 15 is 0 Å². The molecular formula is C22H22N2O4S. The lowest BCUT2D eigenvalue weighted by atomic mass is 10.2. The molecule has 0 N–H and O–H groups in total. The van der Waals surface area contributed by atoms with Gasteiger partial charge in [0.05, 0.1) is 20.2 Å². The molecular weight excluding hydrogens is 388 g/mol. The van der Waals surface area contributed by atoms with Crippen molar-refractivity contribution in [1.29, 1.82) is 0 Å². The predicted octanol–water partition coefficient (Wildman–Crippen LogP) is 3.94. The summed E-state index contributed by atoms with van der Waals surface area (Å²) in [4.78, 5) is 20.5. The number of aromatic nitrogens is 1. The molecule has 6 nitrogen and oxygen atoms in total. The Kier molecular flexibility index (Phi) is 5.67. The quantitative estimate of drug-likeness (QED) is 0.616.